The molecule has 0 spiro atoms. The summed E-state index contributed by atoms with van der Waals surface area (Å²) in [6, 6.07) is 3.07. The fourth-order valence-electron chi connectivity index (χ4n) is 2.10. The summed E-state index contributed by atoms with van der Waals surface area (Å²) < 4.78 is 25.9. The van der Waals surface area contributed by atoms with Gasteiger partial charge in [0.05, 0.1) is 0 Å². The molecule has 1 atom stereocenters. The van der Waals surface area contributed by atoms with Crippen molar-refractivity contribution in [1.82, 2.24) is 10.6 Å². The molecule has 1 unspecified atom stereocenters. The third-order valence-corrected chi connectivity index (χ3v) is 3.05. The third-order valence-electron chi connectivity index (χ3n) is 3.05. The summed E-state index contributed by atoms with van der Waals surface area (Å²) in [6.45, 7) is 1.44. The molecule has 2 N–H and O–H groups in total. The lowest BCUT2D eigenvalue weighted by Gasteiger charge is -2.23. The number of hydrogen-bond acceptors (Lipinski definition) is 2. The van der Waals surface area contributed by atoms with Crippen LogP contribution in [0.5, 0.6) is 0 Å². The lowest BCUT2D eigenvalue weighted by molar-refractivity contribution is 0.0947. The summed E-state index contributed by atoms with van der Waals surface area (Å²) in [6.07, 6.45) is 3.31. The van der Waals surface area contributed by atoms with Crippen LogP contribution in [0.25, 0.3) is 0 Å². The fraction of sp³-hybridized carbons (Fsp3) is 0.462. The van der Waals surface area contributed by atoms with Gasteiger partial charge in [-0.15, -0.1) is 0 Å². The molecule has 0 bridgehead atoms. The van der Waals surface area contributed by atoms with Crippen LogP contribution in [0.1, 0.15) is 29.6 Å². The summed E-state index contributed by atoms with van der Waals surface area (Å²) in [4.78, 5) is 11.7. The van der Waals surface area contributed by atoms with Crippen molar-refractivity contribution in [2.75, 3.05) is 13.1 Å². The summed E-state index contributed by atoms with van der Waals surface area (Å²) in [7, 11) is 0. The van der Waals surface area contributed by atoms with Gasteiger partial charge in [0.1, 0.15) is 11.6 Å². The van der Waals surface area contributed by atoms with Crippen molar-refractivity contribution < 1.29 is 13.6 Å². The smallest absolute Gasteiger partial charge is 0.251 e. The van der Waals surface area contributed by atoms with Crippen LogP contribution in [0.4, 0.5) is 8.78 Å². The lowest BCUT2D eigenvalue weighted by atomic mass is 10.1. The van der Waals surface area contributed by atoms with E-state index >= 15 is 0 Å². The molecule has 0 saturated carbocycles. The molecule has 1 aromatic rings. The molecule has 1 heterocycles. The minimum absolute atomic E-state index is 0.0170. The second-order valence-corrected chi connectivity index (χ2v) is 4.51. The maximum absolute atomic E-state index is 13.0. The van der Waals surface area contributed by atoms with Crippen molar-refractivity contribution in [2.24, 2.45) is 0 Å². The average Bonchev–Trinajstić information content (AvgIpc) is 2.36. The number of benzene rings is 1. The fourth-order valence-corrected chi connectivity index (χ4v) is 2.10. The van der Waals surface area contributed by atoms with Gasteiger partial charge in [-0.2, -0.15) is 0 Å². The van der Waals surface area contributed by atoms with E-state index in [2.05, 4.69) is 10.6 Å². The average molecular weight is 254 g/mol. The number of hydrogen-bond donors (Lipinski definition) is 2. The van der Waals surface area contributed by atoms with Gasteiger partial charge in [-0.25, -0.2) is 8.78 Å². The molecular weight excluding hydrogens is 238 g/mol. The first-order valence-corrected chi connectivity index (χ1v) is 6.13. The van der Waals surface area contributed by atoms with Crippen molar-refractivity contribution >= 4 is 5.91 Å². The number of carbonyl (C=O) groups excluding carboxylic acids is 1. The molecule has 1 aliphatic rings. The Labute approximate surface area is 105 Å². The Morgan fingerprint density at radius 3 is 2.61 bits per heavy atom. The Bertz CT molecular complexity index is 411. The Morgan fingerprint density at radius 2 is 2.00 bits per heavy atom. The van der Waals surface area contributed by atoms with Gasteiger partial charge < -0.3 is 10.6 Å². The molecule has 0 aliphatic carbocycles. The monoisotopic (exact) mass is 254 g/mol. The summed E-state index contributed by atoms with van der Waals surface area (Å²) in [5.74, 6) is -1.92. The van der Waals surface area contributed by atoms with E-state index < -0.39 is 17.5 Å². The molecule has 3 nitrogen and oxygen atoms in total. The maximum atomic E-state index is 13.0. The first-order valence-electron chi connectivity index (χ1n) is 6.13. The molecule has 1 amide bonds. The van der Waals surface area contributed by atoms with Crippen LogP contribution in [-0.4, -0.2) is 25.0 Å². The second kappa shape index (κ2) is 5.91. The Hall–Kier alpha value is -1.49. The Balaban J connectivity index is 1.90. The van der Waals surface area contributed by atoms with E-state index in [1.807, 2.05) is 0 Å². The predicted octanol–water partition coefficient (Wildman–Crippen LogP) is 1.84. The number of rotatable bonds is 3. The van der Waals surface area contributed by atoms with Gasteiger partial charge in [0.25, 0.3) is 5.91 Å². The van der Waals surface area contributed by atoms with E-state index in [4.69, 9.17) is 0 Å². The number of amides is 1. The molecule has 1 saturated heterocycles. The normalized spacial score (nSPS) is 19.6. The zero-order valence-corrected chi connectivity index (χ0v) is 10.0. The summed E-state index contributed by atoms with van der Waals surface area (Å²) >= 11 is 0. The van der Waals surface area contributed by atoms with E-state index in [0.717, 1.165) is 44.0 Å². The Morgan fingerprint density at radius 1 is 1.28 bits per heavy atom. The largest absolute Gasteiger partial charge is 0.350 e. The van der Waals surface area contributed by atoms with Crippen LogP contribution < -0.4 is 10.6 Å². The van der Waals surface area contributed by atoms with E-state index in [9.17, 15) is 13.6 Å². The predicted molar refractivity (Wildman–Crippen MR) is 64.3 cm³/mol. The van der Waals surface area contributed by atoms with Crippen LogP contribution in [0.3, 0.4) is 0 Å². The summed E-state index contributed by atoms with van der Waals surface area (Å²) in [5.41, 5.74) is 0.0170. The van der Waals surface area contributed by atoms with E-state index in [-0.39, 0.29) is 11.6 Å². The molecule has 1 aromatic carbocycles. The van der Waals surface area contributed by atoms with E-state index in [0.29, 0.717) is 6.54 Å². The van der Waals surface area contributed by atoms with Crippen molar-refractivity contribution in [1.29, 1.82) is 0 Å². The topological polar surface area (TPSA) is 41.1 Å². The second-order valence-electron chi connectivity index (χ2n) is 4.51. The van der Waals surface area contributed by atoms with Gasteiger partial charge in [0, 0.05) is 24.2 Å². The quantitative estimate of drug-likeness (QED) is 0.864. The van der Waals surface area contributed by atoms with Gasteiger partial charge >= 0.3 is 0 Å². The van der Waals surface area contributed by atoms with Crippen LogP contribution in [0.2, 0.25) is 0 Å². The highest BCUT2D eigenvalue weighted by molar-refractivity contribution is 5.94. The number of nitrogens with one attached hydrogen (secondary N) is 2. The van der Waals surface area contributed by atoms with Crippen LogP contribution >= 0.6 is 0 Å². The van der Waals surface area contributed by atoms with Gasteiger partial charge in [0.15, 0.2) is 0 Å². The minimum atomic E-state index is -0.740. The number of halogens is 2. The molecule has 5 heteroatoms. The summed E-state index contributed by atoms with van der Waals surface area (Å²) in [5, 5.41) is 5.97. The van der Waals surface area contributed by atoms with Crippen molar-refractivity contribution in [3.05, 3.63) is 35.4 Å². The zero-order chi connectivity index (χ0) is 13.0. The van der Waals surface area contributed by atoms with Gasteiger partial charge in [-0.3, -0.25) is 4.79 Å². The van der Waals surface area contributed by atoms with Gasteiger partial charge in [0.2, 0.25) is 0 Å². The highest BCUT2D eigenvalue weighted by Gasteiger charge is 2.14. The van der Waals surface area contributed by atoms with Crippen LogP contribution in [0.15, 0.2) is 18.2 Å². The van der Waals surface area contributed by atoms with E-state index in [1.165, 1.54) is 0 Å². The highest BCUT2D eigenvalue weighted by Crippen LogP contribution is 2.09. The molecule has 0 radical (unpaired) electrons. The first kappa shape index (κ1) is 13.0. The molecule has 98 valence electrons. The standard InChI is InChI=1S/C13H16F2N2O/c14-10-5-9(6-11(15)7-10)13(18)17-8-12-3-1-2-4-16-12/h5-7,12,16H,1-4,8H2,(H,17,18). The minimum Gasteiger partial charge on any atom is -0.350 e. The number of piperidine rings is 1. The lowest BCUT2D eigenvalue weighted by Crippen LogP contribution is -2.43. The van der Waals surface area contributed by atoms with Crippen molar-refractivity contribution in [3.8, 4) is 0 Å². The molecule has 18 heavy (non-hydrogen) atoms. The third kappa shape index (κ3) is 3.50. The maximum Gasteiger partial charge on any atom is 0.251 e. The van der Waals surface area contributed by atoms with Crippen molar-refractivity contribution in [3.63, 3.8) is 0 Å². The zero-order valence-electron chi connectivity index (χ0n) is 10.0. The molecule has 1 aliphatic heterocycles. The van der Waals surface area contributed by atoms with Crippen molar-refractivity contribution in [2.45, 2.75) is 25.3 Å². The molecule has 1 fully saturated rings. The van der Waals surface area contributed by atoms with Crippen LogP contribution in [-0.2, 0) is 0 Å². The molecule has 0 aromatic heterocycles. The van der Waals surface area contributed by atoms with Crippen LogP contribution in [0, 0.1) is 11.6 Å². The Kier molecular flexibility index (Phi) is 4.25. The highest BCUT2D eigenvalue weighted by atomic mass is 19.1. The molecule has 2 rings (SSSR count). The number of carbonyl (C=O) groups is 1. The van der Waals surface area contributed by atoms with Gasteiger partial charge in [-0.1, -0.05) is 6.42 Å². The SMILES string of the molecule is O=C(NCC1CCCCN1)c1cc(F)cc(F)c1. The van der Waals surface area contributed by atoms with Gasteiger partial charge in [-0.05, 0) is 31.5 Å². The first-order chi connectivity index (χ1) is 8.65. The van der Waals surface area contributed by atoms with E-state index in [1.54, 1.807) is 0 Å². The molecular formula is C13H16F2N2O.